The Bertz CT molecular complexity index is 1860. The minimum atomic E-state index is -4.04. The molecule has 6 rings (SSSR count). The maximum Gasteiger partial charge on any atom is 0.309 e. The fraction of sp³-hybridized carbons (Fsp3) is 0.792. The van der Waals surface area contributed by atoms with Gasteiger partial charge in [-0.15, -0.1) is 0 Å². The summed E-state index contributed by atoms with van der Waals surface area (Å²) in [6.45, 7) is 19.4. The van der Waals surface area contributed by atoms with Crippen LogP contribution in [0.2, 0.25) is 0 Å². The van der Waals surface area contributed by atoms with Crippen molar-refractivity contribution >= 4 is 21.8 Å². The van der Waals surface area contributed by atoms with Crippen LogP contribution >= 0.6 is 0 Å². The van der Waals surface area contributed by atoms with Crippen LogP contribution in [-0.4, -0.2) is 101 Å². The highest BCUT2D eigenvalue weighted by atomic mass is 32.2. The van der Waals surface area contributed by atoms with Gasteiger partial charge in [-0.2, -0.15) is 4.72 Å². The van der Waals surface area contributed by atoms with Gasteiger partial charge in [0.15, 0.2) is 11.6 Å². The summed E-state index contributed by atoms with van der Waals surface area (Å²) < 4.78 is 65.1. The second-order valence-electron chi connectivity index (χ2n) is 19.9. The fourth-order valence-electron chi connectivity index (χ4n) is 11.5. The first kappa shape index (κ1) is 49.2. The van der Waals surface area contributed by atoms with Gasteiger partial charge < -0.3 is 39.0 Å². The Morgan fingerprint density at radius 3 is 2.18 bits per heavy atom. The lowest BCUT2D eigenvalue weighted by molar-refractivity contribution is -0.397. The van der Waals surface area contributed by atoms with Crippen LogP contribution in [-0.2, 0) is 43.3 Å². The third-order valence-electron chi connectivity index (χ3n) is 15.8. The van der Waals surface area contributed by atoms with Crippen molar-refractivity contribution < 1.29 is 57.0 Å². The molecule has 62 heavy (non-hydrogen) atoms. The predicted molar refractivity (Wildman–Crippen MR) is 233 cm³/mol. The molecule has 4 N–H and O–H groups in total. The monoisotopic (exact) mass is 890 g/mol. The van der Waals surface area contributed by atoms with E-state index < -0.39 is 105 Å². The molecule has 0 bridgehead atoms. The van der Waals surface area contributed by atoms with Crippen molar-refractivity contribution in [1.29, 1.82) is 0 Å². The van der Waals surface area contributed by atoms with Gasteiger partial charge in [0.05, 0.1) is 64.7 Å². The molecule has 0 aromatic heterocycles. The number of hydrogen-bond donors (Lipinski definition) is 4. The summed E-state index contributed by atoms with van der Waals surface area (Å²) in [5, 5.41) is 33.0. The van der Waals surface area contributed by atoms with Crippen LogP contribution < -0.4 is 4.72 Å². The predicted octanol–water partition coefficient (Wildman–Crippen LogP) is 7.17. The Morgan fingerprint density at radius 2 is 1.56 bits per heavy atom. The highest BCUT2D eigenvalue weighted by Crippen LogP contribution is 2.54. The highest BCUT2D eigenvalue weighted by molar-refractivity contribution is 7.89. The summed E-state index contributed by atoms with van der Waals surface area (Å²) in [4.78, 5) is 26.8. The molecule has 4 fully saturated rings. The number of carbonyl (C=O) groups excluding carboxylic acids is 1. The largest absolute Gasteiger partial charge is 0.481 e. The molecular weight excluding hydrogens is 815 g/mol. The van der Waals surface area contributed by atoms with Gasteiger partial charge in [-0.05, 0) is 102 Å². The number of ketones is 1. The van der Waals surface area contributed by atoms with E-state index in [1.165, 1.54) is 12.1 Å². The summed E-state index contributed by atoms with van der Waals surface area (Å²) in [7, 11) is -4.04. The van der Waals surface area contributed by atoms with Gasteiger partial charge in [-0.25, -0.2) is 8.42 Å². The quantitative estimate of drug-likeness (QED) is 0.130. The van der Waals surface area contributed by atoms with E-state index in [2.05, 4.69) is 18.6 Å². The molecule has 0 aliphatic carbocycles. The van der Waals surface area contributed by atoms with Crippen LogP contribution in [0, 0.1) is 41.4 Å². The van der Waals surface area contributed by atoms with Gasteiger partial charge in [0.2, 0.25) is 10.0 Å². The third kappa shape index (κ3) is 9.38. The van der Waals surface area contributed by atoms with Crippen LogP contribution in [0.5, 0.6) is 0 Å². The van der Waals surface area contributed by atoms with Crippen molar-refractivity contribution in [2.24, 2.45) is 41.4 Å². The molecule has 0 saturated carbocycles. The van der Waals surface area contributed by atoms with E-state index in [9.17, 15) is 33.3 Å². The molecule has 5 heterocycles. The average molecular weight is 890 g/mol. The Kier molecular flexibility index (Phi) is 15.0. The number of hydrogen-bond acceptors (Lipinski definition) is 11. The molecule has 2 spiro atoms. The minimum Gasteiger partial charge on any atom is -0.481 e. The van der Waals surface area contributed by atoms with Gasteiger partial charge in [0.1, 0.15) is 5.78 Å². The van der Waals surface area contributed by atoms with Gasteiger partial charge in [0.25, 0.3) is 0 Å². The number of carboxylic acids is 1. The summed E-state index contributed by atoms with van der Waals surface area (Å²) in [6, 6.07) is 7.22. The molecule has 1 aromatic rings. The molecule has 0 unspecified atom stereocenters. The second kappa shape index (κ2) is 18.9. The number of aliphatic hydroxyl groups excluding tert-OH is 1. The zero-order valence-electron chi connectivity index (χ0n) is 38.6. The smallest absolute Gasteiger partial charge is 0.309 e. The molecular formula is C48H75NO12S. The standard InChI is InChI=1S/C48H75NO12S/c1-11-35(44(52)53)37-20-19-28(4)42(58-37)32(8)40(50)31(7)41(51)36(12-2)43-29(5)27-30(6)47(59-43)24-21-38(49-62(55,56)34-17-15-14-16-18-34)48(61-47)26-25-45(10,60-48)39-22-23-46(54,13-3)33(9)57-39/h14-18,21,24,28-33,35-40,42-43,49-50,54H,11-13,19-20,22-23,25-27H2,1-10H3,(H,52,53)/t28-,29-,30+,31-,32-,33-,35+,36-,37+,38+,39+,40+,42+,43-,45-,46+,47-,48-/m0/s1. The Morgan fingerprint density at radius 1 is 0.887 bits per heavy atom. The topological polar surface area (TPSA) is 187 Å². The number of aliphatic hydroxyl groups is 2. The molecule has 4 saturated heterocycles. The summed E-state index contributed by atoms with van der Waals surface area (Å²) in [6.07, 6.45) is 5.57. The fourth-order valence-corrected chi connectivity index (χ4v) is 12.7. The van der Waals surface area contributed by atoms with Crippen molar-refractivity contribution in [1.82, 2.24) is 4.72 Å². The molecule has 1 aromatic carbocycles. The van der Waals surface area contributed by atoms with Gasteiger partial charge in [-0.1, -0.05) is 79.7 Å². The van der Waals surface area contributed by atoms with E-state index in [0.717, 1.165) is 6.42 Å². The zero-order valence-corrected chi connectivity index (χ0v) is 39.4. The minimum absolute atomic E-state index is 0.0674. The number of nitrogens with one attached hydrogen (secondary N) is 1. The molecule has 14 heteroatoms. The van der Waals surface area contributed by atoms with Crippen molar-refractivity contribution in [3.05, 3.63) is 42.5 Å². The molecule has 0 amide bonds. The molecule has 0 radical (unpaired) electrons. The van der Waals surface area contributed by atoms with Crippen LogP contribution in [0.3, 0.4) is 0 Å². The first-order chi connectivity index (χ1) is 29.1. The lowest BCUT2D eigenvalue weighted by Gasteiger charge is -2.55. The maximum atomic E-state index is 14.7. The highest BCUT2D eigenvalue weighted by Gasteiger charge is 2.64. The van der Waals surface area contributed by atoms with Crippen LogP contribution in [0.25, 0.3) is 0 Å². The van der Waals surface area contributed by atoms with E-state index in [1.54, 1.807) is 37.3 Å². The zero-order chi connectivity index (χ0) is 45.6. The Balaban J connectivity index is 1.27. The number of carbonyl (C=O) groups is 2. The first-order valence-corrected chi connectivity index (χ1v) is 24.9. The van der Waals surface area contributed by atoms with Crippen LogP contribution in [0.1, 0.15) is 133 Å². The van der Waals surface area contributed by atoms with Crippen LogP contribution in [0.4, 0.5) is 0 Å². The molecule has 350 valence electrons. The van der Waals surface area contributed by atoms with E-state index in [0.29, 0.717) is 57.8 Å². The van der Waals surface area contributed by atoms with Crippen LogP contribution in [0.15, 0.2) is 47.4 Å². The summed E-state index contributed by atoms with van der Waals surface area (Å²) in [5.41, 5.74) is -1.85. The maximum absolute atomic E-state index is 14.7. The van der Waals surface area contributed by atoms with Gasteiger partial charge in [0, 0.05) is 30.1 Å². The van der Waals surface area contributed by atoms with E-state index in [-0.39, 0.29) is 28.4 Å². The third-order valence-corrected chi connectivity index (χ3v) is 17.3. The van der Waals surface area contributed by atoms with Crippen molar-refractivity contribution in [2.45, 2.75) is 204 Å². The van der Waals surface area contributed by atoms with Crippen molar-refractivity contribution in [2.75, 3.05) is 0 Å². The summed E-state index contributed by atoms with van der Waals surface area (Å²) in [5.74, 6) is -6.59. The van der Waals surface area contributed by atoms with Crippen molar-refractivity contribution in [3.8, 4) is 0 Å². The first-order valence-electron chi connectivity index (χ1n) is 23.4. The second-order valence-corrected chi connectivity index (χ2v) is 21.6. The lowest BCUT2D eigenvalue weighted by Crippen LogP contribution is -2.65. The van der Waals surface area contributed by atoms with E-state index >= 15 is 0 Å². The Labute approximate surface area is 370 Å². The number of ether oxygens (including phenoxy) is 5. The molecule has 5 aliphatic heterocycles. The van der Waals surface area contributed by atoms with E-state index in [1.807, 2.05) is 48.5 Å². The van der Waals surface area contributed by atoms with Gasteiger partial charge in [-0.3, -0.25) is 9.59 Å². The molecule has 13 nitrogen and oxygen atoms in total. The lowest BCUT2D eigenvalue weighted by atomic mass is 9.72. The number of benzene rings is 1. The average Bonchev–Trinajstić information content (AvgIpc) is 3.59. The number of rotatable bonds is 15. The molecule has 18 atom stereocenters. The number of Topliss-reactive ketones (excluding diaryl/α,β-unsaturated/α-hetero) is 1. The molecule has 5 aliphatic rings. The number of aliphatic carboxylic acids is 1. The SMILES string of the molecule is CC[C@@H](C(=O)[C@@H](C)[C@@H](O)[C@H](C)[C@@H]1O[C@@H]([C@@H](CC)C(=O)O)CC[C@@H]1C)[C@H]1O[C@]2(C=C[C@@H](NS(=O)(=O)c3ccccc3)[C@]3(CC[C@@](C)([C@H]4CC[C@](O)(CC)[C@H](C)O4)O3)O2)[C@H](C)C[C@@H]1C. The summed E-state index contributed by atoms with van der Waals surface area (Å²) >= 11 is 0. The van der Waals surface area contributed by atoms with Crippen molar-refractivity contribution in [3.63, 3.8) is 0 Å². The number of sulfonamides is 1. The van der Waals surface area contributed by atoms with Gasteiger partial charge >= 0.3 is 5.97 Å². The number of carboxylic acid groups (broad SMARTS) is 1. The van der Waals surface area contributed by atoms with E-state index in [4.69, 9.17) is 23.7 Å². The normalized spacial score (nSPS) is 41.4. The Hall–Kier alpha value is -2.27.